The molecule has 2 aromatic rings. The van der Waals surface area contributed by atoms with Gasteiger partial charge in [-0.05, 0) is 35.1 Å². The van der Waals surface area contributed by atoms with Crippen molar-refractivity contribution in [3.05, 3.63) is 88.1 Å². The summed E-state index contributed by atoms with van der Waals surface area (Å²) in [5, 5.41) is 2.71. The molecule has 0 fully saturated rings. The number of hydrogen-bond acceptors (Lipinski definition) is 7. The van der Waals surface area contributed by atoms with Crippen LogP contribution in [0.1, 0.15) is 36.9 Å². The van der Waals surface area contributed by atoms with E-state index in [1.54, 1.807) is 19.1 Å². The summed E-state index contributed by atoms with van der Waals surface area (Å²) in [7, 11) is 4.80. The lowest BCUT2D eigenvalue weighted by Gasteiger charge is -2.36. The zero-order valence-electron chi connectivity index (χ0n) is 20.4. The number of nitrogens with zero attached hydrogens (tertiary/aromatic N) is 3. The summed E-state index contributed by atoms with van der Waals surface area (Å²) >= 11 is 1.47. The number of aliphatic imine (C=N–C) groups is 1. The largest absolute Gasteiger partial charge is 0.497 e. The van der Waals surface area contributed by atoms with Crippen LogP contribution in [0.3, 0.4) is 0 Å². The number of carbonyl (C=O) groups excluding carboxylic acids is 2. The third-order valence-corrected chi connectivity index (χ3v) is 6.97. The van der Waals surface area contributed by atoms with E-state index in [1.807, 2.05) is 71.8 Å². The van der Waals surface area contributed by atoms with E-state index in [9.17, 15) is 9.59 Å². The fraction of sp³-hybridized carbons (Fsp3) is 0.296. The van der Waals surface area contributed by atoms with Crippen molar-refractivity contribution in [2.45, 2.75) is 32.4 Å². The van der Waals surface area contributed by atoms with Gasteiger partial charge in [0.1, 0.15) is 5.75 Å². The molecule has 2 aliphatic heterocycles. The van der Waals surface area contributed by atoms with Crippen LogP contribution >= 0.6 is 11.8 Å². The highest BCUT2D eigenvalue weighted by molar-refractivity contribution is 8.16. The van der Waals surface area contributed by atoms with E-state index < -0.39 is 12.0 Å². The summed E-state index contributed by atoms with van der Waals surface area (Å²) in [5.41, 5.74) is 3.94. The lowest BCUT2D eigenvalue weighted by atomic mass is 9.92. The Bertz CT molecular complexity index is 1190. The van der Waals surface area contributed by atoms with Crippen LogP contribution in [-0.2, 0) is 20.9 Å². The Balaban J connectivity index is 1.66. The zero-order valence-corrected chi connectivity index (χ0v) is 21.2. The molecule has 0 radical (unpaired) electrons. The van der Waals surface area contributed by atoms with Crippen molar-refractivity contribution in [3.8, 4) is 5.75 Å². The Kier molecular flexibility index (Phi) is 7.60. The molecule has 8 heteroatoms. The lowest BCUT2D eigenvalue weighted by Crippen LogP contribution is -2.38. The molecule has 0 bridgehead atoms. The van der Waals surface area contributed by atoms with Crippen LogP contribution in [0.2, 0.25) is 0 Å². The number of allylic oxidation sites excluding steroid dienone is 1. The highest BCUT2D eigenvalue weighted by Gasteiger charge is 2.41. The molecule has 35 heavy (non-hydrogen) atoms. The lowest BCUT2D eigenvalue weighted by molar-refractivity contribution is -0.136. The van der Waals surface area contributed by atoms with Crippen LogP contribution in [0.5, 0.6) is 5.75 Å². The third kappa shape index (κ3) is 5.12. The Labute approximate surface area is 210 Å². The maximum atomic E-state index is 13.2. The minimum absolute atomic E-state index is 0.0136. The number of ether oxygens (including phenoxy) is 2. The molecule has 2 aliphatic rings. The number of fused-ring (bicyclic) bond motifs is 1. The first-order valence-corrected chi connectivity index (χ1v) is 12.3. The topological polar surface area (TPSA) is 71.4 Å². The van der Waals surface area contributed by atoms with Crippen molar-refractivity contribution in [1.29, 1.82) is 0 Å². The highest BCUT2D eigenvalue weighted by Crippen LogP contribution is 2.45. The Morgan fingerprint density at radius 2 is 1.80 bits per heavy atom. The van der Waals surface area contributed by atoms with E-state index in [-0.39, 0.29) is 12.3 Å². The number of amides is 1. The number of esters is 1. The maximum absolute atomic E-state index is 13.2. The first-order valence-electron chi connectivity index (χ1n) is 11.4. The van der Waals surface area contributed by atoms with Gasteiger partial charge in [-0.1, -0.05) is 61.2 Å². The summed E-state index contributed by atoms with van der Waals surface area (Å²) in [6.45, 7) is 2.50. The summed E-state index contributed by atoms with van der Waals surface area (Å²) in [5.74, 6) is 0.289. The van der Waals surface area contributed by atoms with Gasteiger partial charge in [0, 0.05) is 19.3 Å². The molecular weight excluding hydrogens is 462 g/mol. The predicted octanol–water partition coefficient (Wildman–Crippen LogP) is 4.88. The molecular formula is C27H29N3O4S. The SMILES string of the molecule is CCC1=C(C(=O)OC)[C@H](c2ccc(OC)cc2)N2C(CC(=O)N(C)Cc3ccccc3)=CSC2=N1. The third-order valence-electron chi connectivity index (χ3n) is 6.08. The average Bonchev–Trinajstić information content (AvgIpc) is 3.29. The van der Waals surface area contributed by atoms with Gasteiger partial charge in [0.05, 0.1) is 38.0 Å². The standard InChI is InChI=1S/C27H29N3O4S/c1-5-22-24(26(32)34-4)25(19-11-13-21(33-3)14-12-19)30-20(17-35-27(30)28-22)15-23(31)29(2)16-18-9-7-6-8-10-18/h6-14,17,25H,5,15-16H2,1-4H3/t25-/m0/s1. The van der Waals surface area contributed by atoms with Crippen molar-refractivity contribution >= 4 is 28.8 Å². The van der Waals surface area contributed by atoms with E-state index >= 15 is 0 Å². The van der Waals surface area contributed by atoms with E-state index in [0.717, 1.165) is 27.7 Å². The Morgan fingerprint density at radius 1 is 1.09 bits per heavy atom. The smallest absolute Gasteiger partial charge is 0.338 e. The fourth-order valence-corrected chi connectivity index (χ4v) is 5.19. The van der Waals surface area contributed by atoms with Gasteiger partial charge in [-0.2, -0.15) is 0 Å². The van der Waals surface area contributed by atoms with Crippen LogP contribution in [0.25, 0.3) is 0 Å². The maximum Gasteiger partial charge on any atom is 0.338 e. The fourth-order valence-electron chi connectivity index (χ4n) is 4.25. The van der Waals surface area contributed by atoms with Gasteiger partial charge < -0.3 is 19.3 Å². The second-order valence-electron chi connectivity index (χ2n) is 8.28. The van der Waals surface area contributed by atoms with E-state index in [2.05, 4.69) is 0 Å². The van der Waals surface area contributed by atoms with Crippen molar-refractivity contribution in [1.82, 2.24) is 9.80 Å². The molecule has 2 aromatic carbocycles. The second kappa shape index (κ2) is 10.8. The molecule has 0 saturated heterocycles. The van der Waals surface area contributed by atoms with Gasteiger partial charge in [-0.25, -0.2) is 9.79 Å². The number of thioether (sulfide) groups is 1. The first-order chi connectivity index (χ1) is 17.0. The Morgan fingerprint density at radius 3 is 2.43 bits per heavy atom. The molecule has 4 rings (SSSR count). The van der Waals surface area contributed by atoms with Crippen molar-refractivity contribution in [2.75, 3.05) is 21.3 Å². The number of carbonyl (C=O) groups is 2. The molecule has 1 amide bonds. The van der Waals surface area contributed by atoms with Gasteiger partial charge in [-0.3, -0.25) is 4.79 Å². The summed E-state index contributed by atoms with van der Waals surface area (Å²) < 4.78 is 10.5. The molecule has 0 unspecified atom stereocenters. The number of hydrogen-bond donors (Lipinski definition) is 0. The summed E-state index contributed by atoms with van der Waals surface area (Å²) in [6.07, 6.45) is 0.779. The molecule has 0 N–H and O–H groups in total. The van der Waals surface area contributed by atoms with Gasteiger partial charge >= 0.3 is 5.97 Å². The van der Waals surface area contributed by atoms with Crippen molar-refractivity contribution in [2.24, 2.45) is 4.99 Å². The average molecular weight is 492 g/mol. The minimum Gasteiger partial charge on any atom is -0.497 e. The monoisotopic (exact) mass is 491 g/mol. The van der Waals surface area contributed by atoms with Crippen LogP contribution in [0, 0.1) is 0 Å². The van der Waals surface area contributed by atoms with E-state index in [1.165, 1.54) is 18.9 Å². The molecule has 0 aliphatic carbocycles. The van der Waals surface area contributed by atoms with Crippen LogP contribution < -0.4 is 4.74 Å². The molecule has 1 atom stereocenters. The van der Waals surface area contributed by atoms with Gasteiger partial charge in [-0.15, -0.1) is 0 Å². The minimum atomic E-state index is -0.454. The number of rotatable bonds is 8. The molecule has 182 valence electrons. The molecule has 0 aromatic heterocycles. The number of benzene rings is 2. The molecule has 7 nitrogen and oxygen atoms in total. The van der Waals surface area contributed by atoms with Gasteiger partial charge in [0.25, 0.3) is 0 Å². The molecule has 2 heterocycles. The first kappa shape index (κ1) is 24.6. The second-order valence-corrected chi connectivity index (χ2v) is 9.12. The summed E-state index contributed by atoms with van der Waals surface area (Å²) in [6, 6.07) is 17.0. The Hall–Kier alpha value is -3.52. The van der Waals surface area contributed by atoms with Crippen molar-refractivity contribution < 1.29 is 19.1 Å². The van der Waals surface area contributed by atoms with Crippen molar-refractivity contribution in [3.63, 3.8) is 0 Å². The normalized spacial score (nSPS) is 16.9. The highest BCUT2D eigenvalue weighted by atomic mass is 32.2. The van der Waals surface area contributed by atoms with E-state index in [4.69, 9.17) is 14.5 Å². The summed E-state index contributed by atoms with van der Waals surface area (Å²) in [4.78, 5) is 34.6. The molecule has 0 saturated carbocycles. The number of methoxy groups -OCH3 is 2. The zero-order chi connectivity index (χ0) is 24.9. The predicted molar refractivity (Wildman–Crippen MR) is 138 cm³/mol. The van der Waals surface area contributed by atoms with Crippen LogP contribution in [-0.4, -0.2) is 48.1 Å². The van der Waals surface area contributed by atoms with Gasteiger partial charge in [0.15, 0.2) is 5.17 Å². The molecule has 0 spiro atoms. The van der Waals surface area contributed by atoms with Crippen LogP contribution in [0.15, 0.2) is 82.0 Å². The number of amidine groups is 1. The van der Waals surface area contributed by atoms with Crippen LogP contribution in [0.4, 0.5) is 0 Å². The quantitative estimate of drug-likeness (QED) is 0.490. The van der Waals surface area contributed by atoms with E-state index in [0.29, 0.717) is 24.2 Å². The van der Waals surface area contributed by atoms with Gasteiger partial charge in [0.2, 0.25) is 5.91 Å².